The Kier molecular flexibility index (Phi) is 18.1. The molecule has 458 valence electrons. The molecule has 1 fully saturated rings. The Morgan fingerprint density at radius 2 is 0.955 bits per heavy atom. The molecule has 10 rings (SSSR count). The summed E-state index contributed by atoms with van der Waals surface area (Å²) >= 11 is 18.2. The summed E-state index contributed by atoms with van der Waals surface area (Å²) in [7, 11) is 0. The van der Waals surface area contributed by atoms with Crippen LogP contribution in [0.15, 0.2) is 110 Å². The van der Waals surface area contributed by atoms with E-state index in [4.69, 9.17) is 67.0 Å². The topological polar surface area (TPSA) is 365 Å². The van der Waals surface area contributed by atoms with Crippen LogP contribution in [0.4, 0.5) is 0 Å². The third-order valence-electron chi connectivity index (χ3n) is 12.3. The van der Waals surface area contributed by atoms with Crippen molar-refractivity contribution in [2.24, 2.45) is 0 Å². The molecule has 89 heavy (non-hydrogen) atoms. The number of carbonyl (C=O) groups is 5. The average Bonchev–Trinajstić information content (AvgIpc) is 1.68. The number of amides is 3. The second-order valence-corrected chi connectivity index (χ2v) is 20.3. The SMILES string of the molecule is C1CCNC1.[2H]C([2H])([2H])C(=O)c1cc(C(=O)N[C@@H](C)C([2H])([2H])n2ccc(-c3ccc(C#N)c(Cl)c3)n2)[nH]n1.[2H]C([2H])([2H])C(O)c1cc(C(=O)N[C@@H](C)C([2H])([2H])n2ccc(-c3ccc(C#N)c(Cl)c3)n2)n[nH]1.[2H]C([2H])([C@H](C)NC(=O)c1cc(C(C)=O)n[nH]1)n1ccc(-c2ccc(C#N)c(Cl)c2)n1. The molecule has 25 nitrogen and oxygen atoms in total. The van der Waals surface area contributed by atoms with Crippen LogP contribution in [0.5, 0.6) is 0 Å². The van der Waals surface area contributed by atoms with Gasteiger partial charge < -0.3 is 26.4 Å². The number of nitriles is 3. The zero-order chi connectivity index (χ0) is 74.7. The minimum Gasteiger partial charge on any atom is -0.387 e. The van der Waals surface area contributed by atoms with Crippen LogP contribution in [0.1, 0.15) is 152 Å². The van der Waals surface area contributed by atoms with Crippen molar-refractivity contribution < 1.29 is 45.5 Å². The molecule has 28 heteroatoms. The number of aliphatic hydroxyl groups excluding tert-OH is 1. The van der Waals surface area contributed by atoms with E-state index >= 15 is 0 Å². The highest BCUT2D eigenvalue weighted by Gasteiger charge is 2.20. The smallest absolute Gasteiger partial charge is 0.272 e. The summed E-state index contributed by atoms with van der Waals surface area (Å²) in [6.07, 6.45) is 5.19. The van der Waals surface area contributed by atoms with E-state index in [2.05, 4.69) is 67.2 Å². The minimum absolute atomic E-state index is 0.0521. The fraction of sp³-hybridized carbons (Fsp3) is 0.279. The molecule has 1 saturated heterocycles. The second-order valence-electron chi connectivity index (χ2n) is 19.1. The van der Waals surface area contributed by atoms with E-state index in [0.29, 0.717) is 50.5 Å². The van der Waals surface area contributed by atoms with Crippen molar-refractivity contribution in [1.29, 1.82) is 15.8 Å². The maximum absolute atomic E-state index is 12.5. The standard InChI is InChI=1S/C19H19ClN6O2.2C19H17ClN6O2.C4H9N/c3*1-11(22-19(28)18-8-17(12(2)27)23-24-18)10-26-6-5-16(25-26)13-3-4-14(9-21)15(20)7-13;1-2-4-5-3-1/h3-8,11-12,27H,10H2,1-2H3,(H,22,28)(H,23,24);2*3-8,11H,10H2,1-2H3,(H,22,28)(H,23,24);5H,1-4H2/t11-,12?;2*11-;/m000./s1/i2*2D3,10D2;10D2;. The number of Topliss-reactive ketones (excluding diaryl/α,β-unsaturated/α-hetero) is 2. The normalized spacial score (nSPS) is 15.5. The van der Waals surface area contributed by atoms with Crippen molar-refractivity contribution in [2.45, 2.75) is 98.0 Å². The number of hydrogen-bond acceptors (Lipinski definition) is 16. The summed E-state index contributed by atoms with van der Waals surface area (Å²) in [5.74, 6) is -3.65. The van der Waals surface area contributed by atoms with Gasteiger partial charge in [-0.05, 0) is 126 Å². The van der Waals surface area contributed by atoms with E-state index in [1.165, 1.54) is 90.4 Å². The van der Waals surface area contributed by atoms with Gasteiger partial charge in [-0.1, -0.05) is 53.0 Å². The van der Waals surface area contributed by atoms with Crippen LogP contribution >= 0.6 is 34.8 Å². The van der Waals surface area contributed by atoms with E-state index in [9.17, 15) is 29.1 Å². The van der Waals surface area contributed by atoms with Crippen molar-refractivity contribution in [3.63, 3.8) is 0 Å². The molecule has 1 aliphatic heterocycles. The monoisotopic (exact) mass is 1270 g/mol. The highest BCUT2D eigenvalue weighted by molar-refractivity contribution is 6.32. The third-order valence-corrected chi connectivity index (χ3v) is 13.2. The van der Waals surface area contributed by atoms with Gasteiger partial charge in [0.05, 0.1) is 88.4 Å². The fourth-order valence-electron chi connectivity index (χ4n) is 7.85. The molecular formula is C61H62Cl3N19O6. The van der Waals surface area contributed by atoms with Gasteiger partial charge in [0.25, 0.3) is 17.7 Å². The molecule has 0 spiro atoms. The van der Waals surface area contributed by atoms with Crippen LogP contribution in [-0.2, 0) is 19.5 Å². The van der Waals surface area contributed by atoms with Crippen molar-refractivity contribution >= 4 is 64.1 Å². The van der Waals surface area contributed by atoms with Gasteiger partial charge >= 0.3 is 0 Å². The number of halogens is 3. The number of rotatable bonds is 18. The summed E-state index contributed by atoms with van der Waals surface area (Å²) in [6.45, 7) is -3.79. The van der Waals surface area contributed by atoms with Crippen molar-refractivity contribution in [1.82, 2.24) is 81.2 Å². The molecule has 0 saturated carbocycles. The first-order valence-electron chi connectivity index (χ1n) is 32.6. The predicted molar refractivity (Wildman–Crippen MR) is 331 cm³/mol. The molecule has 7 heterocycles. The van der Waals surface area contributed by atoms with Gasteiger partial charge in [-0.25, -0.2) is 0 Å². The van der Waals surface area contributed by atoms with E-state index < -0.39 is 86.6 Å². The van der Waals surface area contributed by atoms with Crippen LogP contribution in [-0.4, -0.2) is 126 Å². The minimum atomic E-state index is -2.90. The van der Waals surface area contributed by atoms with Gasteiger partial charge in [-0.3, -0.25) is 53.3 Å². The Balaban J connectivity index is 0.000000205. The molecule has 6 aromatic heterocycles. The first-order valence-corrected chi connectivity index (χ1v) is 27.8. The van der Waals surface area contributed by atoms with Crippen LogP contribution in [0.25, 0.3) is 33.8 Å². The van der Waals surface area contributed by atoms with Crippen molar-refractivity contribution in [3.8, 4) is 52.0 Å². The van der Waals surface area contributed by atoms with Gasteiger partial charge in [0.15, 0.2) is 11.6 Å². The van der Waals surface area contributed by atoms with Crippen molar-refractivity contribution in [2.75, 3.05) is 13.1 Å². The van der Waals surface area contributed by atoms with Crippen LogP contribution in [0, 0.1) is 34.0 Å². The number of aromatic amines is 3. The number of benzene rings is 3. The van der Waals surface area contributed by atoms with E-state index in [0.717, 1.165) is 26.2 Å². The molecule has 3 amide bonds. The fourth-order valence-corrected chi connectivity index (χ4v) is 8.52. The summed E-state index contributed by atoms with van der Waals surface area (Å²) in [5, 5.41) is 78.9. The Labute approximate surface area is 543 Å². The number of nitrogens with one attached hydrogen (secondary N) is 7. The molecule has 1 aliphatic rings. The lowest BCUT2D eigenvalue weighted by molar-refractivity contribution is 0.0922. The molecule has 8 N–H and O–H groups in total. The Bertz CT molecular complexity index is 4620. The summed E-state index contributed by atoms with van der Waals surface area (Å²) in [4.78, 5) is 60.4. The quantitative estimate of drug-likeness (QED) is 0.0372. The van der Waals surface area contributed by atoms with E-state index in [1.54, 1.807) is 60.7 Å². The number of aromatic nitrogens is 12. The number of hydrogen-bond donors (Lipinski definition) is 8. The summed E-state index contributed by atoms with van der Waals surface area (Å²) in [6, 6.07) is 25.1. The maximum Gasteiger partial charge on any atom is 0.272 e. The number of aliphatic hydroxyl groups is 1. The lowest BCUT2D eigenvalue weighted by atomic mass is 10.1. The van der Waals surface area contributed by atoms with Gasteiger partial charge in [-0.15, -0.1) is 0 Å². The average molecular weight is 1280 g/mol. The molecule has 1 unspecified atom stereocenters. The number of carbonyl (C=O) groups excluding carboxylic acids is 5. The number of ketones is 2. The largest absolute Gasteiger partial charge is 0.387 e. The number of nitrogens with zero attached hydrogens (tertiary/aromatic N) is 12. The molecule has 0 aliphatic carbocycles. The van der Waals surface area contributed by atoms with Crippen LogP contribution in [0.3, 0.4) is 0 Å². The summed E-state index contributed by atoms with van der Waals surface area (Å²) in [5.41, 5.74) is 3.20. The molecule has 3 aromatic carbocycles. The Morgan fingerprint density at radius 1 is 0.573 bits per heavy atom. The lowest BCUT2D eigenvalue weighted by Gasteiger charge is -2.13. The molecule has 4 atom stereocenters. The van der Waals surface area contributed by atoms with E-state index in [1.807, 2.05) is 18.2 Å². The van der Waals surface area contributed by atoms with Gasteiger partial charge in [0.1, 0.15) is 46.7 Å². The predicted octanol–water partition coefficient (Wildman–Crippen LogP) is 8.68. The Morgan fingerprint density at radius 3 is 1.28 bits per heavy atom. The highest BCUT2D eigenvalue weighted by Crippen LogP contribution is 2.27. The zero-order valence-electron chi connectivity index (χ0n) is 59.5. The molecule has 0 radical (unpaired) electrons. The Hall–Kier alpha value is -10.1. The molecular weight excluding hydrogens is 1200 g/mol. The lowest BCUT2D eigenvalue weighted by Crippen LogP contribution is -2.36. The second kappa shape index (κ2) is 31.5. The zero-order valence-corrected chi connectivity index (χ0v) is 49.8. The third kappa shape index (κ3) is 19.0. The first kappa shape index (κ1) is 51.0. The number of H-pyrrole nitrogens is 3. The van der Waals surface area contributed by atoms with Crippen LogP contribution in [0.2, 0.25) is 15.1 Å². The van der Waals surface area contributed by atoms with Gasteiger partial charge in [0, 0.05) is 75.4 Å². The van der Waals surface area contributed by atoms with E-state index in [-0.39, 0.29) is 49.3 Å². The van der Waals surface area contributed by atoms with Gasteiger partial charge in [0.2, 0.25) is 0 Å². The first-order chi connectivity index (χ1) is 47.3. The van der Waals surface area contributed by atoms with Crippen LogP contribution < -0.4 is 21.3 Å². The van der Waals surface area contributed by atoms with Crippen molar-refractivity contribution in [3.05, 3.63) is 176 Å². The molecule has 0 bridgehead atoms. The molecule has 9 aromatic rings. The summed E-state index contributed by atoms with van der Waals surface area (Å²) < 4.78 is 96.6. The van der Waals surface area contributed by atoms with Gasteiger partial charge in [-0.2, -0.15) is 46.4 Å². The highest BCUT2D eigenvalue weighted by atomic mass is 35.5. The maximum atomic E-state index is 12.5.